The highest BCUT2D eigenvalue weighted by Crippen LogP contribution is 2.46. The van der Waals surface area contributed by atoms with E-state index in [2.05, 4.69) is 15.2 Å². The van der Waals surface area contributed by atoms with Gasteiger partial charge in [0, 0.05) is 6.20 Å². The first-order valence-corrected chi connectivity index (χ1v) is 14.8. The Morgan fingerprint density at radius 1 is 1.18 bits per heavy atom. The number of ether oxygens (including phenoxy) is 3. The van der Waals surface area contributed by atoms with Gasteiger partial charge in [-0.15, -0.1) is 0 Å². The van der Waals surface area contributed by atoms with Crippen molar-refractivity contribution in [2.24, 2.45) is 0 Å². The zero-order chi connectivity index (χ0) is 28.8. The van der Waals surface area contributed by atoms with Gasteiger partial charge in [-0.1, -0.05) is 0 Å². The number of nitrogen functional groups attached to an aromatic ring is 1. The number of rotatable bonds is 13. The average molecular weight is 584 g/mol. The number of aromatic nitrogens is 2. The highest BCUT2D eigenvalue weighted by molar-refractivity contribution is 8.10. The molecule has 216 valence electrons. The van der Waals surface area contributed by atoms with Crippen molar-refractivity contribution >= 4 is 36.1 Å². The Bertz CT molecular complexity index is 1060. The fourth-order valence-electron chi connectivity index (χ4n) is 3.52. The molecule has 4 atom stereocenters. The van der Waals surface area contributed by atoms with Crippen molar-refractivity contribution in [3.05, 3.63) is 22.7 Å². The quantitative estimate of drug-likeness (QED) is 0.230. The van der Waals surface area contributed by atoms with E-state index in [0.717, 1.165) is 4.57 Å². The van der Waals surface area contributed by atoms with Crippen molar-refractivity contribution in [2.45, 2.75) is 96.9 Å². The molecule has 1 aliphatic rings. The topological polar surface area (TPSA) is 156 Å². The van der Waals surface area contributed by atoms with E-state index in [1.54, 1.807) is 27.7 Å². The maximum absolute atomic E-state index is 14.4. The smallest absolute Gasteiger partial charge is 0.351 e. The van der Waals surface area contributed by atoms with Crippen molar-refractivity contribution in [3.8, 4) is 0 Å². The Morgan fingerprint density at radius 2 is 1.71 bits per heavy atom. The van der Waals surface area contributed by atoms with Crippen molar-refractivity contribution in [1.29, 1.82) is 0 Å². The molecule has 1 fully saturated rings. The second-order valence-corrected chi connectivity index (χ2v) is 12.9. The van der Waals surface area contributed by atoms with Gasteiger partial charge in [0.15, 0.2) is 12.2 Å². The third kappa shape index (κ3) is 8.75. The normalized spacial score (nSPS) is 21.6. The number of nitrogens with two attached hydrogens (primary N) is 1. The number of esters is 2. The number of carbonyl (C=O) groups excluding carboxylic acids is 2. The summed E-state index contributed by atoms with van der Waals surface area (Å²) < 4.78 is 51.6. The molecule has 4 N–H and O–H groups in total. The molecule has 1 aromatic rings. The minimum absolute atomic E-state index is 0.0132. The van der Waals surface area contributed by atoms with Crippen molar-refractivity contribution < 1.29 is 37.1 Å². The van der Waals surface area contributed by atoms with Gasteiger partial charge in [-0.05, 0) is 72.3 Å². The first-order valence-electron chi connectivity index (χ1n) is 12.1. The van der Waals surface area contributed by atoms with E-state index in [1.165, 1.54) is 26.1 Å². The second-order valence-electron chi connectivity index (χ2n) is 9.52. The first kappa shape index (κ1) is 32.2. The van der Waals surface area contributed by atoms with Gasteiger partial charge in [-0.3, -0.25) is 14.2 Å². The van der Waals surface area contributed by atoms with Gasteiger partial charge >= 0.3 is 17.6 Å². The van der Waals surface area contributed by atoms with E-state index in [4.69, 9.17) is 36.3 Å². The maximum atomic E-state index is 14.4. The SMILES string of the molecule is CC(C)OC(=O)[C@H](C)NP(=S)(N[C@@H](C)C(=O)OC(C)C)OC[C@]1(C(F)F)CC[C@H](n2ccc(N)nc2=O)O1. The van der Waals surface area contributed by atoms with Crippen LogP contribution in [0.5, 0.6) is 0 Å². The molecule has 0 bridgehead atoms. The van der Waals surface area contributed by atoms with Crippen LogP contribution in [-0.4, -0.2) is 64.4 Å². The maximum Gasteiger partial charge on any atom is 0.351 e. The van der Waals surface area contributed by atoms with Crippen LogP contribution in [0.25, 0.3) is 0 Å². The summed E-state index contributed by atoms with van der Waals surface area (Å²) in [6.45, 7) is 5.37. The molecule has 0 radical (unpaired) electrons. The lowest BCUT2D eigenvalue weighted by Crippen LogP contribution is -2.46. The Balaban J connectivity index is 2.26. The lowest BCUT2D eigenvalue weighted by molar-refractivity contribution is -0.165. The van der Waals surface area contributed by atoms with Gasteiger partial charge in [0.25, 0.3) is 6.43 Å². The van der Waals surface area contributed by atoms with E-state index in [0.29, 0.717) is 0 Å². The molecule has 2 rings (SSSR count). The van der Waals surface area contributed by atoms with Crippen LogP contribution in [0.1, 0.15) is 60.6 Å². The monoisotopic (exact) mass is 583 g/mol. The third-order valence-corrected chi connectivity index (χ3v) is 8.27. The predicted octanol–water partition coefficient (Wildman–Crippen LogP) is 2.24. The van der Waals surface area contributed by atoms with Crippen LogP contribution in [0.15, 0.2) is 17.1 Å². The summed E-state index contributed by atoms with van der Waals surface area (Å²) >= 11 is 5.62. The number of alkyl halides is 2. The lowest BCUT2D eigenvalue weighted by atomic mass is 10.0. The minimum Gasteiger partial charge on any atom is -0.462 e. The number of nitrogens with zero attached hydrogens (tertiary/aromatic N) is 2. The summed E-state index contributed by atoms with van der Waals surface area (Å²) in [4.78, 5) is 40.6. The number of hydrogen-bond donors (Lipinski definition) is 3. The average Bonchev–Trinajstić information content (AvgIpc) is 3.22. The summed E-state index contributed by atoms with van der Waals surface area (Å²) in [5.74, 6) is -1.30. The fourth-order valence-corrected chi connectivity index (χ4v) is 6.48. The summed E-state index contributed by atoms with van der Waals surface area (Å²) in [5, 5.41) is 5.61. The largest absolute Gasteiger partial charge is 0.462 e. The molecule has 0 aliphatic carbocycles. The van der Waals surface area contributed by atoms with Crippen LogP contribution < -0.4 is 21.6 Å². The molecular weight excluding hydrogens is 547 g/mol. The summed E-state index contributed by atoms with van der Waals surface area (Å²) in [6, 6.07) is -0.640. The molecule has 2 heterocycles. The number of anilines is 1. The van der Waals surface area contributed by atoms with E-state index in [-0.39, 0.29) is 18.7 Å². The molecule has 0 amide bonds. The molecule has 1 aromatic heterocycles. The van der Waals surface area contributed by atoms with Crippen LogP contribution in [0.4, 0.5) is 14.6 Å². The zero-order valence-corrected chi connectivity index (χ0v) is 23.9. The van der Waals surface area contributed by atoms with Gasteiger partial charge in [-0.25, -0.2) is 23.7 Å². The Morgan fingerprint density at radius 3 is 2.16 bits per heavy atom. The zero-order valence-electron chi connectivity index (χ0n) is 22.2. The molecule has 0 spiro atoms. The van der Waals surface area contributed by atoms with E-state index >= 15 is 0 Å². The number of halogens is 2. The van der Waals surface area contributed by atoms with Crippen LogP contribution in [-0.2, 0) is 40.1 Å². The third-order valence-electron chi connectivity index (χ3n) is 5.37. The molecule has 0 aromatic carbocycles. The first-order chi connectivity index (χ1) is 17.6. The van der Waals surface area contributed by atoms with E-state index < -0.39 is 73.3 Å². The molecule has 0 unspecified atom stereocenters. The second kappa shape index (κ2) is 13.4. The van der Waals surface area contributed by atoms with Crippen LogP contribution in [0, 0.1) is 0 Å². The van der Waals surface area contributed by atoms with Gasteiger partial charge in [0.05, 0.1) is 18.8 Å². The number of hydrogen-bond acceptors (Lipinski definition) is 10. The van der Waals surface area contributed by atoms with Crippen molar-refractivity contribution in [2.75, 3.05) is 12.3 Å². The van der Waals surface area contributed by atoms with Gasteiger partial charge < -0.3 is 24.5 Å². The molecular formula is C22H36F2N5O7PS. The molecule has 16 heteroatoms. The van der Waals surface area contributed by atoms with Gasteiger partial charge in [0.2, 0.25) is 0 Å². The number of nitrogens with one attached hydrogen (secondary N) is 2. The molecule has 1 saturated heterocycles. The molecule has 12 nitrogen and oxygen atoms in total. The summed E-state index contributed by atoms with van der Waals surface area (Å²) in [7, 11) is 0. The summed E-state index contributed by atoms with van der Waals surface area (Å²) in [5.41, 5.74) is 2.64. The van der Waals surface area contributed by atoms with Crippen molar-refractivity contribution in [3.63, 3.8) is 0 Å². The minimum atomic E-state index is -3.55. The Hall–Kier alpha value is -2.03. The van der Waals surface area contributed by atoms with Crippen LogP contribution >= 0.6 is 6.57 Å². The highest BCUT2D eigenvalue weighted by Gasteiger charge is 2.50. The standard InChI is InChI=1S/C22H36F2N5O7PS/c1-12(2)34-18(30)14(5)27-37(38,28-15(6)19(31)35-13(3)4)33-11-22(20(23)24)9-7-17(36-22)29-10-8-16(25)26-21(29)32/h8,10,12-15,17,20H,7,9,11H2,1-6H3,(H2,25,26,32)(H2,27,28,38)/t14-,15-,17+,22-/m0/s1. The summed E-state index contributed by atoms with van der Waals surface area (Å²) in [6.07, 6.45) is -3.65. The number of carbonyl (C=O) groups is 2. The fraction of sp³-hybridized carbons (Fsp3) is 0.727. The molecule has 0 saturated carbocycles. The van der Waals surface area contributed by atoms with Crippen LogP contribution in [0.3, 0.4) is 0 Å². The van der Waals surface area contributed by atoms with Gasteiger partial charge in [0.1, 0.15) is 24.1 Å². The van der Waals surface area contributed by atoms with E-state index in [9.17, 15) is 23.2 Å². The molecule has 38 heavy (non-hydrogen) atoms. The van der Waals surface area contributed by atoms with Gasteiger partial charge in [-0.2, -0.15) is 4.98 Å². The lowest BCUT2D eigenvalue weighted by Gasteiger charge is -2.34. The predicted molar refractivity (Wildman–Crippen MR) is 139 cm³/mol. The van der Waals surface area contributed by atoms with E-state index in [1.807, 2.05) is 0 Å². The van der Waals surface area contributed by atoms with Crippen molar-refractivity contribution in [1.82, 2.24) is 19.7 Å². The van der Waals surface area contributed by atoms with Crippen LogP contribution in [0.2, 0.25) is 0 Å². The molecule has 1 aliphatic heterocycles. The Labute approximate surface area is 225 Å². The highest BCUT2D eigenvalue weighted by atomic mass is 32.4. The Kier molecular flexibility index (Phi) is 11.3.